The molecule has 1 aromatic heterocycles. The number of pyridine rings is 1. The van der Waals surface area contributed by atoms with Gasteiger partial charge in [0.1, 0.15) is 0 Å². The Hall–Kier alpha value is -2.15. The van der Waals surface area contributed by atoms with Gasteiger partial charge in [-0.2, -0.15) is 0 Å². The van der Waals surface area contributed by atoms with E-state index in [-0.39, 0.29) is 0 Å². The van der Waals surface area contributed by atoms with Crippen LogP contribution in [0.1, 0.15) is 30.0 Å². The second-order valence-electron chi connectivity index (χ2n) is 5.67. The van der Waals surface area contributed by atoms with Crippen molar-refractivity contribution in [1.82, 2.24) is 4.98 Å². The van der Waals surface area contributed by atoms with Crippen LogP contribution in [0.25, 0.3) is 22.0 Å². The molecule has 0 unspecified atom stereocenters. The molecular weight excluding hydrogens is 254 g/mol. The van der Waals surface area contributed by atoms with Crippen LogP contribution in [-0.4, -0.2) is 4.98 Å². The van der Waals surface area contributed by atoms with Crippen molar-refractivity contribution in [2.45, 2.75) is 33.6 Å². The molecule has 0 aliphatic carbocycles. The summed E-state index contributed by atoms with van der Waals surface area (Å²) >= 11 is 0. The van der Waals surface area contributed by atoms with Crippen molar-refractivity contribution in [2.75, 3.05) is 0 Å². The van der Waals surface area contributed by atoms with Gasteiger partial charge in [-0.05, 0) is 53.8 Å². The molecule has 0 bridgehead atoms. The molecule has 2 aromatic carbocycles. The molecule has 1 heterocycles. The number of aromatic nitrogens is 1. The smallest absolute Gasteiger partial charge is 0.0740 e. The first-order valence-electron chi connectivity index (χ1n) is 7.65. The molecule has 0 radical (unpaired) electrons. The maximum Gasteiger partial charge on any atom is 0.0740 e. The summed E-state index contributed by atoms with van der Waals surface area (Å²) in [6, 6.07) is 15.2. The lowest BCUT2D eigenvalue weighted by molar-refractivity contribution is 0.909. The second kappa shape index (κ2) is 5.69. The van der Waals surface area contributed by atoms with Gasteiger partial charge in [0.05, 0.1) is 5.69 Å². The van der Waals surface area contributed by atoms with Crippen molar-refractivity contribution >= 4 is 10.8 Å². The highest BCUT2D eigenvalue weighted by Gasteiger charge is 2.10. The van der Waals surface area contributed by atoms with Crippen molar-refractivity contribution < 1.29 is 0 Å². The van der Waals surface area contributed by atoms with E-state index in [9.17, 15) is 0 Å². The largest absolute Gasteiger partial charge is 0.256 e. The summed E-state index contributed by atoms with van der Waals surface area (Å²) in [5.74, 6) is 0. The van der Waals surface area contributed by atoms with E-state index < -0.39 is 0 Å². The zero-order valence-corrected chi connectivity index (χ0v) is 13.0. The van der Waals surface area contributed by atoms with E-state index in [0.29, 0.717) is 0 Å². The number of aryl methyl sites for hydroxylation is 2. The molecule has 21 heavy (non-hydrogen) atoms. The minimum absolute atomic E-state index is 1.12. The molecule has 3 rings (SSSR count). The van der Waals surface area contributed by atoms with Gasteiger partial charge in [-0.25, -0.2) is 0 Å². The van der Waals surface area contributed by atoms with E-state index in [4.69, 9.17) is 0 Å². The van der Waals surface area contributed by atoms with Gasteiger partial charge in [-0.1, -0.05) is 49.7 Å². The fraction of sp³-hybridized carbons (Fsp3) is 0.250. The number of nitrogens with zero attached hydrogens (tertiary/aromatic N) is 1. The highest BCUT2D eigenvalue weighted by Crippen LogP contribution is 2.31. The Labute approximate surface area is 126 Å². The van der Waals surface area contributed by atoms with Crippen LogP contribution >= 0.6 is 0 Å². The van der Waals surface area contributed by atoms with Crippen LogP contribution in [0.4, 0.5) is 0 Å². The van der Waals surface area contributed by atoms with Crippen LogP contribution in [0.15, 0.2) is 48.7 Å². The van der Waals surface area contributed by atoms with Gasteiger partial charge < -0.3 is 0 Å². The molecule has 0 aliphatic heterocycles. The molecule has 106 valence electrons. The van der Waals surface area contributed by atoms with Crippen LogP contribution in [0.3, 0.4) is 0 Å². The van der Waals surface area contributed by atoms with E-state index in [2.05, 4.69) is 68.2 Å². The van der Waals surface area contributed by atoms with Crippen LogP contribution in [0.5, 0.6) is 0 Å². The van der Waals surface area contributed by atoms with Crippen LogP contribution in [0, 0.1) is 13.8 Å². The molecule has 0 atom stereocenters. The molecule has 0 N–H and O–H groups in total. The number of hydrogen-bond acceptors (Lipinski definition) is 1. The zero-order chi connectivity index (χ0) is 14.8. The fourth-order valence-corrected chi connectivity index (χ4v) is 3.06. The van der Waals surface area contributed by atoms with E-state index >= 15 is 0 Å². The van der Waals surface area contributed by atoms with Crippen molar-refractivity contribution in [2.24, 2.45) is 0 Å². The van der Waals surface area contributed by atoms with Crippen molar-refractivity contribution in [3.8, 4) is 11.3 Å². The summed E-state index contributed by atoms with van der Waals surface area (Å²) in [4.78, 5) is 4.67. The number of rotatable bonds is 3. The Bertz CT molecular complexity index is 787. The summed E-state index contributed by atoms with van der Waals surface area (Å²) in [6.07, 6.45) is 4.23. The Balaban J connectivity index is 2.26. The molecule has 3 aromatic rings. The Kier molecular flexibility index (Phi) is 3.74. The minimum Gasteiger partial charge on any atom is -0.256 e. The summed E-state index contributed by atoms with van der Waals surface area (Å²) in [5.41, 5.74) is 6.40. The SMILES string of the molecule is CCCc1ccnc(-c2cccc3c(C)cccc23)c1C. The quantitative estimate of drug-likeness (QED) is 0.617. The highest BCUT2D eigenvalue weighted by atomic mass is 14.7. The molecule has 0 spiro atoms. The maximum atomic E-state index is 4.67. The first-order chi connectivity index (χ1) is 10.2. The minimum atomic E-state index is 1.12. The van der Waals surface area contributed by atoms with Crippen molar-refractivity contribution in [3.63, 3.8) is 0 Å². The average Bonchev–Trinajstić information content (AvgIpc) is 2.50. The van der Waals surface area contributed by atoms with Crippen molar-refractivity contribution in [3.05, 3.63) is 65.4 Å². The van der Waals surface area contributed by atoms with E-state index in [1.807, 2.05) is 6.20 Å². The lowest BCUT2D eigenvalue weighted by atomic mass is 9.94. The third-order valence-corrected chi connectivity index (χ3v) is 4.23. The molecule has 1 heteroatoms. The molecule has 1 nitrogen and oxygen atoms in total. The van der Waals surface area contributed by atoms with Gasteiger partial charge in [0, 0.05) is 11.8 Å². The van der Waals surface area contributed by atoms with Gasteiger partial charge >= 0.3 is 0 Å². The van der Waals surface area contributed by atoms with Gasteiger partial charge in [-0.3, -0.25) is 4.98 Å². The predicted octanol–water partition coefficient (Wildman–Crippen LogP) is 5.47. The molecule has 0 aliphatic rings. The maximum absolute atomic E-state index is 4.67. The van der Waals surface area contributed by atoms with Crippen LogP contribution < -0.4 is 0 Å². The Morgan fingerprint density at radius 3 is 2.48 bits per heavy atom. The van der Waals surface area contributed by atoms with E-state index in [0.717, 1.165) is 12.1 Å². The Morgan fingerprint density at radius 1 is 0.905 bits per heavy atom. The van der Waals surface area contributed by atoms with Crippen LogP contribution in [-0.2, 0) is 6.42 Å². The third-order valence-electron chi connectivity index (χ3n) is 4.23. The molecule has 0 fully saturated rings. The second-order valence-corrected chi connectivity index (χ2v) is 5.67. The molecule has 0 amide bonds. The van der Waals surface area contributed by atoms with Gasteiger partial charge in [0.25, 0.3) is 0 Å². The Morgan fingerprint density at radius 2 is 1.67 bits per heavy atom. The summed E-state index contributed by atoms with van der Waals surface area (Å²) in [6.45, 7) is 6.59. The monoisotopic (exact) mass is 275 g/mol. The summed E-state index contributed by atoms with van der Waals surface area (Å²) in [5, 5.41) is 2.61. The summed E-state index contributed by atoms with van der Waals surface area (Å²) < 4.78 is 0. The molecule has 0 saturated heterocycles. The fourth-order valence-electron chi connectivity index (χ4n) is 3.06. The zero-order valence-electron chi connectivity index (χ0n) is 13.0. The normalized spacial score (nSPS) is 11.0. The first-order valence-corrected chi connectivity index (χ1v) is 7.65. The molecule has 0 saturated carbocycles. The number of hydrogen-bond donors (Lipinski definition) is 0. The standard InChI is InChI=1S/C20H21N/c1-4-7-16-12-13-21-20(15(16)3)19-11-6-9-17-14(2)8-5-10-18(17)19/h5-6,8-13H,4,7H2,1-3H3. The third kappa shape index (κ3) is 2.44. The van der Waals surface area contributed by atoms with Gasteiger partial charge in [-0.15, -0.1) is 0 Å². The van der Waals surface area contributed by atoms with E-state index in [1.54, 1.807) is 0 Å². The first kappa shape index (κ1) is 13.8. The van der Waals surface area contributed by atoms with Crippen LogP contribution in [0.2, 0.25) is 0 Å². The predicted molar refractivity (Wildman–Crippen MR) is 90.6 cm³/mol. The number of benzene rings is 2. The van der Waals surface area contributed by atoms with Gasteiger partial charge in [0.15, 0.2) is 0 Å². The highest BCUT2D eigenvalue weighted by molar-refractivity contribution is 5.98. The topological polar surface area (TPSA) is 12.9 Å². The van der Waals surface area contributed by atoms with Gasteiger partial charge in [0.2, 0.25) is 0 Å². The van der Waals surface area contributed by atoms with Crippen molar-refractivity contribution in [1.29, 1.82) is 0 Å². The average molecular weight is 275 g/mol. The number of fused-ring (bicyclic) bond motifs is 1. The lowest BCUT2D eigenvalue weighted by Crippen LogP contribution is -1.96. The summed E-state index contributed by atoms with van der Waals surface area (Å²) in [7, 11) is 0. The molecular formula is C20H21N. The van der Waals surface area contributed by atoms with E-state index in [1.165, 1.54) is 39.4 Å². The lowest BCUT2D eigenvalue weighted by Gasteiger charge is -2.13.